The Bertz CT molecular complexity index is 390. The molecule has 0 fully saturated rings. The molecule has 1 amide bonds. The molecule has 1 atom stereocenters. The normalized spacial score (nSPS) is 12.2. The molecule has 0 aliphatic rings. The number of carbonyl (C=O) groups excluding carboxylic acids is 1. The van der Waals surface area contributed by atoms with Gasteiger partial charge in [-0.25, -0.2) is 0 Å². The van der Waals surface area contributed by atoms with Gasteiger partial charge in [-0.05, 0) is 49.8 Å². The van der Waals surface area contributed by atoms with E-state index in [0.29, 0.717) is 12.3 Å². The van der Waals surface area contributed by atoms with Gasteiger partial charge in [0.1, 0.15) is 0 Å². The quantitative estimate of drug-likeness (QED) is 0.707. The molecule has 0 spiro atoms. The van der Waals surface area contributed by atoms with Crippen LogP contribution in [-0.2, 0) is 11.2 Å². The summed E-state index contributed by atoms with van der Waals surface area (Å²) in [5.74, 6) is 0.688. The van der Waals surface area contributed by atoms with Crippen molar-refractivity contribution in [3.63, 3.8) is 0 Å². The zero-order valence-corrected chi connectivity index (χ0v) is 12.1. The number of benzene rings is 1. The second-order valence-corrected chi connectivity index (χ2v) is 5.26. The number of hydrogen-bond acceptors (Lipinski definition) is 2. The average molecular weight is 262 g/mol. The van der Waals surface area contributed by atoms with E-state index < -0.39 is 0 Å². The van der Waals surface area contributed by atoms with Crippen LogP contribution in [0.5, 0.6) is 0 Å². The van der Waals surface area contributed by atoms with Crippen molar-refractivity contribution in [2.45, 2.75) is 39.5 Å². The van der Waals surface area contributed by atoms with Crippen molar-refractivity contribution in [3.05, 3.63) is 35.4 Å². The first-order chi connectivity index (χ1) is 9.13. The van der Waals surface area contributed by atoms with Gasteiger partial charge in [0, 0.05) is 13.0 Å². The lowest BCUT2D eigenvalue weighted by Gasteiger charge is -2.09. The topological polar surface area (TPSA) is 55.1 Å². The highest BCUT2D eigenvalue weighted by Crippen LogP contribution is 2.09. The van der Waals surface area contributed by atoms with Crippen LogP contribution in [0.3, 0.4) is 0 Å². The van der Waals surface area contributed by atoms with E-state index in [1.54, 1.807) is 0 Å². The second kappa shape index (κ2) is 8.70. The summed E-state index contributed by atoms with van der Waals surface area (Å²) in [5.41, 5.74) is 8.07. The van der Waals surface area contributed by atoms with E-state index in [9.17, 15) is 4.79 Å². The molecule has 106 valence electrons. The summed E-state index contributed by atoms with van der Waals surface area (Å²) in [6.45, 7) is 5.71. The zero-order chi connectivity index (χ0) is 14.1. The Hall–Kier alpha value is -1.35. The molecule has 0 saturated heterocycles. The van der Waals surface area contributed by atoms with E-state index in [1.165, 1.54) is 11.1 Å². The van der Waals surface area contributed by atoms with E-state index >= 15 is 0 Å². The summed E-state index contributed by atoms with van der Waals surface area (Å²) in [7, 11) is 0. The lowest BCUT2D eigenvalue weighted by Crippen LogP contribution is -2.25. The van der Waals surface area contributed by atoms with E-state index in [0.717, 1.165) is 32.4 Å². The summed E-state index contributed by atoms with van der Waals surface area (Å²) >= 11 is 0. The number of amides is 1. The summed E-state index contributed by atoms with van der Waals surface area (Å²) < 4.78 is 0. The van der Waals surface area contributed by atoms with Crippen molar-refractivity contribution in [2.75, 3.05) is 13.1 Å². The second-order valence-electron chi connectivity index (χ2n) is 5.26. The van der Waals surface area contributed by atoms with Gasteiger partial charge in [0.25, 0.3) is 0 Å². The average Bonchev–Trinajstić information content (AvgIpc) is 2.42. The molecule has 0 aliphatic heterocycles. The molecule has 0 aliphatic carbocycles. The van der Waals surface area contributed by atoms with E-state index in [2.05, 4.69) is 31.3 Å². The summed E-state index contributed by atoms with van der Waals surface area (Å²) in [6.07, 6.45) is 3.47. The first kappa shape index (κ1) is 15.7. The highest BCUT2D eigenvalue weighted by Gasteiger charge is 2.04. The van der Waals surface area contributed by atoms with Crippen molar-refractivity contribution in [1.82, 2.24) is 5.32 Å². The molecule has 1 rings (SSSR count). The third-order valence-corrected chi connectivity index (χ3v) is 3.48. The molecule has 0 saturated carbocycles. The first-order valence-electron chi connectivity index (χ1n) is 7.14. The number of nitrogens with one attached hydrogen (secondary N) is 1. The number of rotatable bonds is 8. The molecule has 19 heavy (non-hydrogen) atoms. The van der Waals surface area contributed by atoms with Crippen molar-refractivity contribution in [3.8, 4) is 0 Å². The minimum absolute atomic E-state index is 0.142. The molecule has 0 heterocycles. The maximum atomic E-state index is 11.7. The Morgan fingerprint density at radius 1 is 1.37 bits per heavy atom. The van der Waals surface area contributed by atoms with Crippen molar-refractivity contribution in [2.24, 2.45) is 11.7 Å². The van der Waals surface area contributed by atoms with Crippen LogP contribution in [0.2, 0.25) is 0 Å². The van der Waals surface area contributed by atoms with Crippen LogP contribution in [0.15, 0.2) is 24.3 Å². The predicted molar refractivity (Wildman–Crippen MR) is 80.0 cm³/mol. The maximum absolute atomic E-state index is 11.7. The third-order valence-electron chi connectivity index (χ3n) is 3.48. The van der Waals surface area contributed by atoms with Gasteiger partial charge in [0.05, 0.1) is 0 Å². The number of aryl methyl sites for hydroxylation is 2. The van der Waals surface area contributed by atoms with Crippen LogP contribution in [0.1, 0.15) is 37.3 Å². The van der Waals surface area contributed by atoms with Gasteiger partial charge in [-0.3, -0.25) is 4.79 Å². The lowest BCUT2D eigenvalue weighted by atomic mass is 10.0. The van der Waals surface area contributed by atoms with E-state index in [4.69, 9.17) is 5.73 Å². The largest absolute Gasteiger partial charge is 0.356 e. The maximum Gasteiger partial charge on any atom is 0.220 e. The molecule has 0 radical (unpaired) electrons. The lowest BCUT2D eigenvalue weighted by molar-refractivity contribution is -0.121. The standard InChI is InChI=1S/C16H26N2O/c1-13(12-17)6-5-11-18-16(19)10-9-15-8-4-3-7-14(15)2/h3-4,7-8,13H,5-6,9-12,17H2,1-2H3,(H,18,19). The fourth-order valence-corrected chi connectivity index (χ4v) is 2.02. The van der Waals surface area contributed by atoms with Crippen LogP contribution < -0.4 is 11.1 Å². The van der Waals surface area contributed by atoms with Crippen LogP contribution in [0, 0.1) is 12.8 Å². The molecule has 1 aromatic carbocycles. The molecule has 3 heteroatoms. The fourth-order valence-electron chi connectivity index (χ4n) is 2.02. The smallest absolute Gasteiger partial charge is 0.220 e. The highest BCUT2D eigenvalue weighted by molar-refractivity contribution is 5.76. The van der Waals surface area contributed by atoms with Crippen LogP contribution >= 0.6 is 0 Å². The van der Waals surface area contributed by atoms with Crippen LogP contribution in [0.4, 0.5) is 0 Å². The first-order valence-corrected chi connectivity index (χ1v) is 7.14. The van der Waals surface area contributed by atoms with Crippen LogP contribution in [0.25, 0.3) is 0 Å². The van der Waals surface area contributed by atoms with Gasteiger partial charge in [-0.1, -0.05) is 31.2 Å². The molecule has 3 nitrogen and oxygen atoms in total. The van der Waals surface area contributed by atoms with E-state index in [-0.39, 0.29) is 5.91 Å². The summed E-state index contributed by atoms with van der Waals surface area (Å²) in [4.78, 5) is 11.7. The Morgan fingerprint density at radius 3 is 2.79 bits per heavy atom. The van der Waals surface area contributed by atoms with Gasteiger partial charge >= 0.3 is 0 Å². The Morgan fingerprint density at radius 2 is 2.11 bits per heavy atom. The molecule has 1 unspecified atom stereocenters. The zero-order valence-electron chi connectivity index (χ0n) is 12.1. The van der Waals surface area contributed by atoms with Crippen molar-refractivity contribution in [1.29, 1.82) is 0 Å². The Kier molecular flexibility index (Phi) is 7.19. The molecule has 0 bridgehead atoms. The van der Waals surface area contributed by atoms with Gasteiger partial charge in [-0.15, -0.1) is 0 Å². The summed E-state index contributed by atoms with van der Waals surface area (Å²) in [6, 6.07) is 8.22. The predicted octanol–water partition coefficient (Wildman–Crippen LogP) is 2.42. The monoisotopic (exact) mass is 262 g/mol. The van der Waals surface area contributed by atoms with Gasteiger partial charge in [-0.2, -0.15) is 0 Å². The minimum atomic E-state index is 0.142. The molecule has 1 aromatic rings. The van der Waals surface area contributed by atoms with Gasteiger partial charge < -0.3 is 11.1 Å². The summed E-state index contributed by atoms with van der Waals surface area (Å²) in [5, 5.41) is 2.97. The third kappa shape index (κ3) is 6.39. The number of hydrogen-bond donors (Lipinski definition) is 2. The number of nitrogens with two attached hydrogens (primary N) is 1. The fraction of sp³-hybridized carbons (Fsp3) is 0.562. The molecular weight excluding hydrogens is 236 g/mol. The van der Waals surface area contributed by atoms with Gasteiger partial charge in [0.15, 0.2) is 0 Å². The molecule has 0 aromatic heterocycles. The van der Waals surface area contributed by atoms with Crippen molar-refractivity contribution >= 4 is 5.91 Å². The SMILES string of the molecule is Cc1ccccc1CCC(=O)NCCCC(C)CN. The van der Waals surface area contributed by atoms with E-state index in [1.807, 2.05) is 12.1 Å². The minimum Gasteiger partial charge on any atom is -0.356 e. The Labute approximate surface area is 116 Å². The Balaban J connectivity index is 2.16. The molecule has 3 N–H and O–H groups in total. The number of carbonyl (C=O) groups is 1. The van der Waals surface area contributed by atoms with Gasteiger partial charge in [0.2, 0.25) is 5.91 Å². The van der Waals surface area contributed by atoms with Crippen molar-refractivity contribution < 1.29 is 4.79 Å². The highest BCUT2D eigenvalue weighted by atomic mass is 16.1. The molecular formula is C16H26N2O. The van der Waals surface area contributed by atoms with Crippen LogP contribution in [-0.4, -0.2) is 19.0 Å².